The maximum absolute atomic E-state index is 12.1. The Morgan fingerprint density at radius 2 is 1.90 bits per heavy atom. The van der Waals surface area contributed by atoms with E-state index in [1.54, 1.807) is 0 Å². The first-order valence-electron chi connectivity index (χ1n) is 10.0. The van der Waals surface area contributed by atoms with Gasteiger partial charge in [0.1, 0.15) is 0 Å². The molecule has 2 aliphatic heterocycles. The van der Waals surface area contributed by atoms with Gasteiger partial charge in [-0.1, -0.05) is 54.6 Å². The highest BCUT2D eigenvalue weighted by Crippen LogP contribution is 2.45. The van der Waals surface area contributed by atoms with Gasteiger partial charge in [-0.25, -0.2) is 4.79 Å². The number of carbonyl (C=O) groups is 1. The summed E-state index contributed by atoms with van der Waals surface area (Å²) in [5.41, 5.74) is 5.36. The lowest BCUT2D eigenvalue weighted by atomic mass is 9.71. The standard InChI is InChI=1S/C25H24N2O2/c1-25(18-8-4-3-5-9-18)22-13-12-17(24(28)29-2)16-27(22)15-14-20-19-10-6-7-11-21(19)26-23(20)25/h3-13,16,22,26H,14-15H2,1-2H3/t22-,25-/m0/s1. The fraction of sp³-hybridized carbons (Fsp3) is 0.240. The second-order valence-corrected chi connectivity index (χ2v) is 7.96. The van der Waals surface area contributed by atoms with Gasteiger partial charge in [0.05, 0.1) is 24.1 Å². The third-order valence-electron chi connectivity index (χ3n) is 6.46. The molecule has 4 nitrogen and oxygen atoms in total. The van der Waals surface area contributed by atoms with Crippen LogP contribution in [0.3, 0.4) is 0 Å². The summed E-state index contributed by atoms with van der Waals surface area (Å²) in [7, 11) is 1.43. The molecule has 0 saturated carbocycles. The third kappa shape index (κ3) is 2.63. The molecule has 2 aliphatic rings. The van der Waals surface area contributed by atoms with Gasteiger partial charge in [-0.3, -0.25) is 0 Å². The van der Waals surface area contributed by atoms with Crippen molar-refractivity contribution >= 4 is 16.9 Å². The summed E-state index contributed by atoms with van der Waals surface area (Å²) in [6.07, 6.45) is 6.94. The van der Waals surface area contributed by atoms with Gasteiger partial charge in [0.2, 0.25) is 0 Å². The number of H-pyrrole nitrogens is 1. The molecule has 0 aliphatic carbocycles. The molecule has 2 aromatic carbocycles. The van der Waals surface area contributed by atoms with Crippen molar-refractivity contribution in [1.29, 1.82) is 0 Å². The largest absolute Gasteiger partial charge is 0.465 e. The van der Waals surface area contributed by atoms with Crippen LogP contribution in [0, 0.1) is 0 Å². The third-order valence-corrected chi connectivity index (χ3v) is 6.46. The Morgan fingerprint density at radius 3 is 2.69 bits per heavy atom. The first kappa shape index (κ1) is 17.8. The van der Waals surface area contributed by atoms with E-state index in [1.165, 1.54) is 34.8 Å². The maximum Gasteiger partial charge on any atom is 0.339 e. The van der Waals surface area contributed by atoms with Crippen LogP contribution in [0.25, 0.3) is 10.9 Å². The molecule has 3 aromatic rings. The molecular weight excluding hydrogens is 360 g/mol. The van der Waals surface area contributed by atoms with E-state index in [1.807, 2.05) is 12.3 Å². The molecule has 29 heavy (non-hydrogen) atoms. The van der Waals surface area contributed by atoms with Crippen LogP contribution in [0.1, 0.15) is 23.7 Å². The zero-order chi connectivity index (χ0) is 20.0. The molecule has 4 heteroatoms. The van der Waals surface area contributed by atoms with Crippen molar-refractivity contribution in [3.63, 3.8) is 0 Å². The summed E-state index contributed by atoms with van der Waals surface area (Å²) in [6, 6.07) is 19.3. The van der Waals surface area contributed by atoms with Crippen LogP contribution in [0.4, 0.5) is 0 Å². The van der Waals surface area contributed by atoms with Crippen molar-refractivity contribution in [1.82, 2.24) is 9.88 Å². The Kier molecular flexibility index (Phi) is 4.09. The quantitative estimate of drug-likeness (QED) is 0.669. The normalized spacial score (nSPS) is 23.2. The Morgan fingerprint density at radius 1 is 1.14 bits per heavy atom. The van der Waals surface area contributed by atoms with Crippen molar-refractivity contribution in [2.24, 2.45) is 0 Å². The van der Waals surface area contributed by atoms with Crippen molar-refractivity contribution in [3.8, 4) is 0 Å². The first-order chi connectivity index (χ1) is 14.1. The van der Waals surface area contributed by atoms with E-state index < -0.39 is 0 Å². The minimum Gasteiger partial charge on any atom is -0.465 e. The molecule has 3 heterocycles. The molecule has 0 unspecified atom stereocenters. The summed E-state index contributed by atoms with van der Waals surface area (Å²) >= 11 is 0. The summed E-state index contributed by atoms with van der Waals surface area (Å²) in [6.45, 7) is 3.15. The number of para-hydroxylation sites is 1. The number of nitrogens with one attached hydrogen (secondary N) is 1. The van der Waals surface area contributed by atoms with Gasteiger partial charge in [-0.15, -0.1) is 0 Å². The number of rotatable bonds is 2. The zero-order valence-electron chi connectivity index (χ0n) is 16.7. The highest BCUT2D eigenvalue weighted by molar-refractivity contribution is 5.92. The number of carbonyl (C=O) groups excluding carboxylic acids is 1. The van der Waals surface area contributed by atoms with Gasteiger partial charge in [-0.2, -0.15) is 0 Å². The highest BCUT2D eigenvalue weighted by Gasteiger charge is 2.45. The second kappa shape index (κ2) is 6.66. The Labute approximate surface area is 170 Å². The SMILES string of the molecule is COC(=O)C1=CN2CCc3c([nH]c4ccccc34)[C@@](C)(c3ccccc3)[C@@H]2C=C1. The molecule has 0 radical (unpaired) electrons. The van der Waals surface area contributed by atoms with E-state index in [-0.39, 0.29) is 17.4 Å². The van der Waals surface area contributed by atoms with Crippen LogP contribution in [0.15, 0.2) is 78.5 Å². The second-order valence-electron chi connectivity index (χ2n) is 7.96. The smallest absolute Gasteiger partial charge is 0.339 e. The molecular formula is C25H24N2O2. The predicted molar refractivity (Wildman–Crippen MR) is 115 cm³/mol. The van der Waals surface area contributed by atoms with E-state index in [4.69, 9.17) is 4.74 Å². The lowest BCUT2D eigenvalue weighted by Crippen LogP contribution is -2.47. The number of nitrogens with zero attached hydrogens (tertiary/aromatic N) is 1. The molecule has 1 aromatic heterocycles. The van der Waals surface area contributed by atoms with Gasteiger partial charge < -0.3 is 14.6 Å². The maximum atomic E-state index is 12.1. The van der Waals surface area contributed by atoms with E-state index in [9.17, 15) is 4.79 Å². The van der Waals surface area contributed by atoms with Gasteiger partial charge >= 0.3 is 5.97 Å². The minimum atomic E-state index is -0.297. The molecule has 0 amide bonds. The fourth-order valence-electron chi connectivity index (χ4n) is 4.96. The van der Waals surface area contributed by atoms with E-state index in [0.29, 0.717) is 5.57 Å². The molecule has 5 rings (SSSR count). The van der Waals surface area contributed by atoms with Crippen LogP contribution in [-0.2, 0) is 21.4 Å². The number of ether oxygens (including phenoxy) is 1. The number of hydrogen-bond donors (Lipinski definition) is 1. The summed E-state index contributed by atoms with van der Waals surface area (Å²) in [5, 5.41) is 1.28. The first-order valence-corrected chi connectivity index (χ1v) is 10.0. The lowest BCUT2D eigenvalue weighted by Gasteiger charge is -2.42. The average Bonchev–Trinajstić information content (AvgIpc) is 3.10. The van der Waals surface area contributed by atoms with Crippen LogP contribution in [0.5, 0.6) is 0 Å². The topological polar surface area (TPSA) is 45.3 Å². The Bertz CT molecular complexity index is 1140. The monoisotopic (exact) mass is 384 g/mol. The lowest BCUT2D eigenvalue weighted by molar-refractivity contribution is -0.135. The number of benzene rings is 2. The number of aromatic amines is 1. The van der Waals surface area contributed by atoms with Crippen molar-refractivity contribution < 1.29 is 9.53 Å². The van der Waals surface area contributed by atoms with Gasteiger partial charge in [0.25, 0.3) is 0 Å². The number of hydrogen-bond acceptors (Lipinski definition) is 3. The molecule has 0 fully saturated rings. The molecule has 0 bridgehead atoms. The van der Waals surface area contributed by atoms with Gasteiger partial charge in [0.15, 0.2) is 0 Å². The number of methoxy groups -OCH3 is 1. The Balaban J connectivity index is 1.74. The van der Waals surface area contributed by atoms with Crippen LogP contribution in [-0.4, -0.2) is 35.5 Å². The summed E-state index contributed by atoms with van der Waals surface area (Å²) in [5.74, 6) is -0.297. The van der Waals surface area contributed by atoms with E-state index in [2.05, 4.69) is 77.5 Å². The molecule has 2 atom stereocenters. The van der Waals surface area contributed by atoms with E-state index >= 15 is 0 Å². The van der Waals surface area contributed by atoms with Crippen molar-refractivity contribution in [2.45, 2.75) is 24.8 Å². The Hall–Kier alpha value is -3.27. The minimum absolute atomic E-state index is 0.0904. The number of aromatic nitrogens is 1. The van der Waals surface area contributed by atoms with E-state index in [0.717, 1.165) is 13.0 Å². The fourth-order valence-corrected chi connectivity index (χ4v) is 4.96. The number of esters is 1. The van der Waals surface area contributed by atoms with Gasteiger partial charge in [-0.05, 0) is 36.6 Å². The summed E-state index contributed by atoms with van der Waals surface area (Å²) in [4.78, 5) is 18.2. The van der Waals surface area contributed by atoms with Crippen LogP contribution >= 0.6 is 0 Å². The highest BCUT2D eigenvalue weighted by atomic mass is 16.5. The van der Waals surface area contributed by atoms with Crippen LogP contribution < -0.4 is 0 Å². The summed E-state index contributed by atoms with van der Waals surface area (Å²) < 4.78 is 4.95. The number of fused-ring (bicyclic) bond motifs is 4. The van der Waals surface area contributed by atoms with Gasteiger partial charge in [0, 0.05) is 29.3 Å². The molecule has 146 valence electrons. The molecule has 0 spiro atoms. The average molecular weight is 384 g/mol. The van der Waals surface area contributed by atoms with Crippen LogP contribution in [0.2, 0.25) is 0 Å². The molecule has 0 saturated heterocycles. The molecule has 1 N–H and O–H groups in total. The van der Waals surface area contributed by atoms with Crippen molar-refractivity contribution in [3.05, 3.63) is 95.3 Å². The van der Waals surface area contributed by atoms with Crippen molar-refractivity contribution in [2.75, 3.05) is 13.7 Å². The predicted octanol–water partition coefficient (Wildman–Crippen LogP) is 4.33. The zero-order valence-corrected chi connectivity index (χ0v) is 16.7.